The van der Waals surface area contributed by atoms with Crippen LogP contribution in [0.3, 0.4) is 0 Å². The zero-order valence-electron chi connectivity index (χ0n) is 13.5. The van der Waals surface area contributed by atoms with Gasteiger partial charge < -0.3 is 0 Å². The van der Waals surface area contributed by atoms with E-state index in [0.29, 0.717) is 17.7 Å². The summed E-state index contributed by atoms with van der Waals surface area (Å²) in [5, 5.41) is 0. The van der Waals surface area contributed by atoms with Crippen LogP contribution >= 0.6 is 11.3 Å². The molecule has 1 heterocycles. The van der Waals surface area contributed by atoms with Crippen LogP contribution < -0.4 is 0 Å². The fourth-order valence-electron chi connectivity index (χ4n) is 2.70. The molecule has 0 unspecified atom stereocenters. The molecule has 120 valence electrons. The molecule has 0 radical (unpaired) electrons. The normalized spacial score (nSPS) is 10.5. The van der Waals surface area contributed by atoms with Gasteiger partial charge in [-0.2, -0.15) is 0 Å². The second kappa shape index (κ2) is 7.37. The third-order valence-corrected chi connectivity index (χ3v) is 5.15. The molecule has 0 aliphatic rings. The van der Waals surface area contributed by atoms with E-state index >= 15 is 0 Å². The molecule has 0 aliphatic heterocycles. The molecule has 0 aliphatic carbocycles. The maximum absolute atomic E-state index is 12.4. The smallest absolute Gasteiger partial charge is 0.170 e. The van der Waals surface area contributed by atoms with Crippen molar-refractivity contribution in [3.63, 3.8) is 0 Å². The second-order valence-electron chi connectivity index (χ2n) is 5.77. The fraction of sp³-hybridized carbons (Fsp3) is 0.143. The first-order valence-corrected chi connectivity index (χ1v) is 8.70. The molecule has 0 saturated heterocycles. The topological polar surface area (TPSA) is 34.1 Å². The van der Waals surface area contributed by atoms with E-state index in [0.717, 1.165) is 21.6 Å². The Balaban J connectivity index is 1.83. The quantitative estimate of drug-likeness (QED) is 0.596. The van der Waals surface area contributed by atoms with Crippen molar-refractivity contribution in [3.8, 4) is 10.4 Å². The van der Waals surface area contributed by atoms with Gasteiger partial charge in [0.05, 0.1) is 4.88 Å². The SMILES string of the molecule is CC(=O)c1sc(-c2ccccc2)cc1CC(=O)Cc1ccccc1. The van der Waals surface area contributed by atoms with E-state index in [1.54, 1.807) is 6.92 Å². The summed E-state index contributed by atoms with van der Waals surface area (Å²) < 4.78 is 0. The molecular weight excluding hydrogens is 316 g/mol. The van der Waals surface area contributed by atoms with Crippen molar-refractivity contribution >= 4 is 22.9 Å². The number of Topliss-reactive ketones (excluding diaryl/α,β-unsaturated/α-hetero) is 2. The van der Waals surface area contributed by atoms with Crippen LogP contribution in [0.1, 0.15) is 27.7 Å². The van der Waals surface area contributed by atoms with Crippen molar-refractivity contribution in [2.75, 3.05) is 0 Å². The number of ketones is 2. The summed E-state index contributed by atoms with van der Waals surface area (Å²) in [4.78, 5) is 26.1. The van der Waals surface area contributed by atoms with Gasteiger partial charge in [-0.3, -0.25) is 9.59 Å². The average Bonchev–Trinajstić information content (AvgIpc) is 3.00. The number of rotatable bonds is 6. The minimum atomic E-state index is 0.0182. The lowest BCUT2D eigenvalue weighted by Crippen LogP contribution is -2.08. The summed E-state index contributed by atoms with van der Waals surface area (Å²) >= 11 is 1.47. The predicted octanol–water partition coefficient (Wildman–Crippen LogP) is 4.97. The van der Waals surface area contributed by atoms with Gasteiger partial charge >= 0.3 is 0 Å². The molecule has 0 amide bonds. The number of thiophene rings is 1. The molecule has 0 N–H and O–H groups in total. The maximum atomic E-state index is 12.4. The van der Waals surface area contributed by atoms with E-state index < -0.39 is 0 Å². The van der Waals surface area contributed by atoms with Crippen LogP contribution in [-0.4, -0.2) is 11.6 Å². The van der Waals surface area contributed by atoms with E-state index in [4.69, 9.17) is 0 Å². The van der Waals surface area contributed by atoms with Gasteiger partial charge in [0.25, 0.3) is 0 Å². The molecule has 0 fully saturated rings. The standard InChI is InChI=1S/C21H18O2S/c1-15(22)21-18(13-19(23)12-16-8-4-2-5-9-16)14-20(24-21)17-10-6-3-7-11-17/h2-11,14H,12-13H2,1H3. The van der Waals surface area contributed by atoms with E-state index in [1.165, 1.54) is 11.3 Å². The Morgan fingerprint density at radius 2 is 1.50 bits per heavy atom. The van der Waals surface area contributed by atoms with Crippen LogP contribution in [-0.2, 0) is 17.6 Å². The lowest BCUT2D eigenvalue weighted by molar-refractivity contribution is -0.117. The van der Waals surface area contributed by atoms with Gasteiger partial charge in [0.2, 0.25) is 0 Å². The third-order valence-electron chi connectivity index (χ3n) is 3.82. The van der Waals surface area contributed by atoms with Gasteiger partial charge in [-0.1, -0.05) is 60.7 Å². The van der Waals surface area contributed by atoms with Crippen molar-refractivity contribution in [1.29, 1.82) is 0 Å². The van der Waals surface area contributed by atoms with Crippen molar-refractivity contribution in [2.45, 2.75) is 19.8 Å². The molecule has 0 saturated carbocycles. The van der Waals surface area contributed by atoms with Crippen LogP contribution in [0.5, 0.6) is 0 Å². The molecule has 0 atom stereocenters. The van der Waals surface area contributed by atoms with Crippen LogP contribution in [0.25, 0.3) is 10.4 Å². The Bertz CT molecular complexity index is 848. The Morgan fingerprint density at radius 3 is 2.12 bits per heavy atom. The van der Waals surface area contributed by atoms with Crippen molar-refractivity contribution < 1.29 is 9.59 Å². The Hall–Kier alpha value is -2.52. The van der Waals surface area contributed by atoms with E-state index in [1.807, 2.05) is 66.7 Å². The van der Waals surface area contributed by atoms with Gasteiger partial charge in [0.1, 0.15) is 5.78 Å². The Kier molecular flexibility index (Phi) is 5.02. The number of carbonyl (C=O) groups is 2. The van der Waals surface area contributed by atoms with Gasteiger partial charge in [0.15, 0.2) is 5.78 Å². The van der Waals surface area contributed by atoms with Gasteiger partial charge in [-0.05, 0) is 29.7 Å². The van der Waals surface area contributed by atoms with E-state index in [-0.39, 0.29) is 11.6 Å². The first-order chi connectivity index (χ1) is 11.6. The fourth-order valence-corrected chi connectivity index (χ4v) is 3.78. The van der Waals surface area contributed by atoms with Crippen LogP contribution in [0.2, 0.25) is 0 Å². The molecule has 24 heavy (non-hydrogen) atoms. The first kappa shape index (κ1) is 16.3. The molecule has 3 heteroatoms. The number of carbonyl (C=O) groups excluding carboxylic acids is 2. The minimum Gasteiger partial charge on any atom is -0.299 e. The lowest BCUT2D eigenvalue weighted by Gasteiger charge is -2.02. The van der Waals surface area contributed by atoms with Crippen LogP contribution in [0.15, 0.2) is 66.7 Å². The molecule has 0 spiro atoms. The van der Waals surface area contributed by atoms with Gasteiger partial charge in [-0.15, -0.1) is 11.3 Å². The zero-order valence-corrected chi connectivity index (χ0v) is 14.3. The van der Waals surface area contributed by atoms with Crippen molar-refractivity contribution in [2.24, 2.45) is 0 Å². The van der Waals surface area contributed by atoms with Crippen LogP contribution in [0, 0.1) is 0 Å². The van der Waals surface area contributed by atoms with Gasteiger partial charge in [-0.25, -0.2) is 0 Å². The molecule has 3 aromatic rings. The monoisotopic (exact) mass is 334 g/mol. The van der Waals surface area contributed by atoms with Crippen molar-refractivity contribution in [1.82, 2.24) is 0 Å². The zero-order chi connectivity index (χ0) is 16.9. The minimum absolute atomic E-state index is 0.0182. The highest BCUT2D eigenvalue weighted by Crippen LogP contribution is 2.32. The Labute approximate surface area is 145 Å². The largest absolute Gasteiger partial charge is 0.299 e. The molecule has 1 aromatic heterocycles. The molecular formula is C21H18O2S. The molecule has 0 bridgehead atoms. The second-order valence-corrected chi connectivity index (χ2v) is 6.82. The Morgan fingerprint density at radius 1 is 0.875 bits per heavy atom. The molecule has 2 nitrogen and oxygen atoms in total. The summed E-state index contributed by atoms with van der Waals surface area (Å²) in [6, 6.07) is 21.6. The van der Waals surface area contributed by atoms with Crippen LogP contribution in [0.4, 0.5) is 0 Å². The first-order valence-electron chi connectivity index (χ1n) is 7.88. The predicted molar refractivity (Wildman–Crippen MR) is 98.6 cm³/mol. The van der Waals surface area contributed by atoms with Crippen molar-refractivity contribution in [3.05, 3.63) is 82.7 Å². The number of benzene rings is 2. The van der Waals surface area contributed by atoms with E-state index in [9.17, 15) is 9.59 Å². The summed E-state index contributed by atoms with van der Waals surface area (Å²) in [6.07, 6.45) is 0.696. The lowest BCUT2D eigenvalue weighted by atomic mass is 10.0. The number of hydrogen-bond acceptors (Lipinski definition) is 3. The number of hydrogen-bond donors (Lipinski definition) is 0. The highest BCUT2D eigenvalue weighted by atomic mass is 32.1. The summed E-state index contributed by atoms with van der Waals surface area (Å²) in [5.41, 5.74) is 2.92. The molecule has 3 rings (SSSR count). The highest BCUT2D eigenvalue weighted by Gasteiger charge is 2.16. The summed E-state index contributed by atoms with van der Waals surface area (Å²) in [5.74, 6) is 0.144. The summed E-state index contributed by atoms with van der Waals surface area (Å²) in [7, 11) is 0. The van der Waals surface area contributed by atoms with E-state index in [2.05, 4.69) is 0 Å². The third kappa shape index (κ3) is 3.87. The average molecular weight is 334 g/mol. The molecule has 2 aromatic carbocycles. The maximum Gasteiger partial charge on any atom is 0.170 e. The summed E-state index contributed by atoms with van der Waals surface area (Å²) in [6.45, 7) is 1.56. The van der Waals surface area contributed by atoms with Gasteiger partial charge in [0, 0.05) is 17.7 Å². The highest BCUT2D eigenvalue weighted by molar-refractivity contribution is 7.17.